The van der Waals surface area contributed by atoms with E-state index in [0.717, 1.165) is 5.69 Å². The lowest BCUT2D eigenvalue weighted by atomic mass is 10.1. The van der Waals surface area contributed by atoms with Crippen molar-refractivity contribution in [3.05, 3.63) is 59.1 Å². The van der Waals surface area contributed by atoms with Crippen LogP contribution in [-0.4, -0.2) is 54.8 Å². The summed E-state index contributed by atoms with van der Waals surface area (Å²) in [5, 5.41) is 6.20. The number of nitrogens with zero attached hydrogens (tertiary/aromatic N) is 2. The van der Waals surface area contributed by atoms with Gasteiger partial charge in [-0.3, -0.25) is 14.4 Å². The number of hydrogen-bond acceptors (Lipinski definition) is 4. The minimum absolute atomic E-state index is 0.0161. The van der Waals surface area contributed by atoms with Gasteiger partial charge >= 0.3 is 0 Å². The number of halogens is 1. The van der Waals surface area contributed by atoms with E-state index in [4.69, 9.17) is 11.6 Å². The first-order valence-corrected chi connectivity index (χ1v) is 10.4. The van der Waals surface area contributed by atoms with Gasteiger partial charge in [0.25, 0.3) is 5.91 Å². The van der Waals surface area contributed by atoms with Crippen molar-refractivity contribution in [2.75, 3.05) is 36.4 Å². The molecule has 3 amide bonds. The number of benzene rings is 2. The molecule has 1 fully saturated rings. The van der Waals surface area contributed by atoms with E-state index < -0.39 is 6.04 Å². The van der Waals surface area contributed by atoms with Crippen molar-refractivity contribution in [3.63, 3.8) is 0 Å². The summed E-state index contributed by atoms with van der Waals surface area (Å²) in [6.07, 6.45) is 0.454. The van der Waals surface area contributed by atoms with Crippen LogP contribution in [0.2, 0.25) is 5.02 Å². The predicted molar refractivity (Wildman–Crippen MR) is 116 cm³/mol. The Morgan fingerprint density at radius 2 is 1.70 bits per heavy atom. The third kappa shape index (κ3) is 4.26. The Morgan fingerprint density at radius 1 is 1.00 bits per heavy atom. The van der Waals surface area contributed by atoms with Crippen LogP contribution in [0.3, 0.4) is 0 Å². The summed E-state index contributed by atoms with van der Waals surface area (Å²) < 4.78 is 0. The minimum Gasteiger partial charge on any atom is -0.367 e. The molecule has 2 aliphatic rings. The SMILES string of the molecule is O=C1N[C@H](CCC(=O)N2CCN(c3ccccc3Cl)CC2)C(=O)Nc2ccccc21. The first-order valence-electron chi connectivity index (χ1n) is 10.0. The van der Waals surface area contributed by atoms with Crippen LogP contribution in [-0.2, 0) is 9.59 Å². The van der Waals surface area contributed by atoms with Crippen LogP contribution in [0.15, 0.2) is 48.5 Å². The average Bonchev–Trinajstić information content (AvgIpc) is 2.88. The number of carbonyl (C=O) groups is 3. The maximum absolute atomic E-state index is 12.7. The number of piperazine rings is 1. The topological polar surface area (TPSA) is 81.8 Å². The van der Waals surface area contributed by atoms with Crippen LogP contribution in [0.25, 0.3) is 0 Å². The maximum atomic E-state index is 12.7. The molecule has 2 aromatic rings. The van der Waals surface area contributed by atoms with Gasteiger partial charge in [0, 0.05) is 32.6 Å². The van der Waals surface area contributed by atoms with E-state index in [0.29, 0.717) is 42.5 Å². The molecular formula is C22H23ClN4O3. The number of amides is 3. The number of fused-ring (bicyclic) bond motifs is 1. The fraction of sp³-hybridized carbons (Fsp3) is 0.318. The van der Waals surface area contributed by atoms with E-state index in [9.17, 15) is 14.4 Å². The summed E-state index contributed by atoms with van der Waals surface area (Å²) in [6, 6.07) is 13.8. The molecule has 2 aromatic carbocycles. The van der Waals surface area contributed by atoms with Gasteiger partial charge in [-0.05, 0) is 30.7 Å². The predicted octanol–water partition coefficient (Wildman–Crippen LogP) is 2.52. The van der Waals surface area contributed by atoms with E-state index in [1.807, 2.05) is 24.3 Å². The monoisotopic (exact) mass is 426 g/mol. The highest BCUT2D eigenvalue weighted by molar-refractivity contribution is 6.33. The zero-order chi connectivity index (χ0) is 21.1. The third-order valence-corrected chi connectivity index (χ3v) is 5.84. The van der Waals surface area contributed by atoms with Crippen molar-refractivity contribution in [2.24, 2.45) is 0 Å². The van der Waals surface area contributed by atoms with Crippen molar-refractivity contribution in [1.29, 1.82) is 0 Å². The summed E-state index contributed by atoms with van der Waals surface area (Å²) in [5.74, 6) is -0.628. The van der Waals surface area contributed by atoms with Gasteiger partial charge in [-0.25, -0.2) is 0 Å². The summed E-state index contributed by atoms with van der Waals surface area (Å²) in [7, 11) is 0. The van der Waals surface area contributed by atoms with Crippen LogP contribution in [0, 0.1) is 0 Å². The zero-order valence-corrected chi connectivity index (χ0v) is 17.2. The first kappa shape index (κ1) is 20.2. The number of para-hydroxylation sites is 2. The number of nitrogens with one attached hydrogen (secondary N) is 2. The molecule has 0 aromatic heterocycles. The lowest BCUT2D eigenvalue weighted by Gasteiger charge is -2.36. The Balaban J connectivity index is 1.31. The summed E-state index contributed by atoms with van der Waals surface area (Å²) >= 11 is 6.27. The van der Waals surface area contributed by atoms with Gasteiger partial charge in [0.2, 0.25) is 11.8 Å². The molecule has 7 nitrogen and oxygen atoms in total. The highest BCUT2D eigenvalue weighted by atomic mass is 35.5. The molecule has 4 rings (SSSR count). The van der Waals surface area contributed by atoms with Gasteiger partial charge in [0.05, 0.1) is 22.0 Å². The fourth-order valence-electron chi connectivity index (χ4n) is 3.85. The molecule has 1 atom stereocenters. The highest BCUT2D eigenvalue weighted by Gasteiger charge is 2.29. The Kier molecular flexibility index (Phi) is 5.90. The molecule has 1 saturated heterocycles. The van der Waals surface area contributed by atoms with Crippen LogP contribution < -0.4 is 15.5 Å². The lowest BCUT2D eigenvalue weighted by Crippen LogP contribution is -2.49. The van der Waals surface area contributed by atoms with Crippen molar-refractivity contribution in [3.8, 4) is 0 Å². The second-order valence-electron chi connectivity index (χ2n) is 7.42. The van der Waals surface area contributed by atoms with Crippen molar-refractivity contribution in [2.45, 2.75) is 18.9 Å². The van der Waals surface area contributed by atoms with Crippen LogP contribution in [0.4, 0.5) is 11.4 Å². The Labute approximate surface area is 180 Å². The maximum Gasteiger partial charge on any atom is 0.254 e. The molecule has 2 heterocycles. The molecule has 156 valence electrons. The van der Waals surface area contributed by atoms with Crippen LogP contribution in [0.1, 0.15) is 23.2 Å². The Hall–Kier alpha value is -3.06. The quantitative estimate of drug-likeness (QED) is 0.787. The third-order valence-electron chi connectivity index (χ3n) is 5.52. The molecule has 8 heteroatoms. The van der Waals surface area contributed by atoms with Gasteiger partial charge in [-0.15, -0.1) is 0 Å². The Bertz CT molecular complexity index is 972. The Morgan fingerprint density at radius 3 is 2.47 bits per heavy atom. The first-order chi connectivity index (χ1) is 14.5. The van der Waals surface area contributed by atoms with Crippen LogP contribution in [0.5, 0.6) is 0 Å². The standard InChI is InChI=1S/C22H23ClN4O3/c23-16-6-2-4-8-19(16)26-11-13-27(14-12-26)20(28)10-9-18-22(30)24-17-7-3-1-5-15(17)21(29)25-18/h1-8,18H,9-14H2,(H,24,30)(H,25,29)/t18-/m1/s1. The van der Waals surface area contributed by atoms with Crippen LogP contribution >= 0.6 is 11.6 Å². The molecule has 0 bridgehead atoms. The number of anilines is 2. The summed E-state index contributed by atoms with van der Waals surface area (Å²) in [6.45, 7) is 2.59. The molecular weight excluding hydrogens is 404 g/mol. The molecule has 0 radical (unpaired) electrons. The molecule has 30 heavy (non-hydrogen) atoms. The minimum atomic E-state index is -0.738. The molecule has 0 spiro atoms. The molecule has 0 aliphatic carbocycles. The lowest BCUT2D eigenvalue weighted by molar-refractivity contribution is -0.131. The van der Waals surface area contributed by atoms with Gasteiger partial charge in [-0.1, -0.05) is 35.9 Å². The summed E-state index contributed by atoms with van der Waals surface area (Å²) in [4.78, 5) is 41.5. The molecule has 2 N–H and O–H groups in total. The number of rotatable bonds is 4. The number of carbonyl (C=O) groups excluding carboxylic acids is 3. The molecule has 2 aliphatic heterocycles. The normalized spacial score (nSPS) is 18.9. The zero-order valence-electron chi connectivity index (χ0n) is 16.4. The van der Waals surface area contributed by atoms with E-state index in [2.05, 4.69) is 15.5 Å². The average molecular weight is 427 g/mol. The van der Waals surface area contributed by atoms with Gasteiger partial charge in [0.1, 0.15) is 6.04 Å². The van der Waals surface area contributed by atoms with E-state index >= 15 is 0 Å². The van der Waals surface area contributed by atoms with Crippen molar-refractivity contribution < 1.29 is 14.4 Å². The summed E-state index contributed by atoms with van der Waals surface area (Å²) in [5.41, 5.74) is 1.89. The molecule has 0 unspecified atom stereocenters. The smallest absolute Gasteiger partial charge is 0.254 e. The van der Waals surface area contributed by atoms with Crippen molar-refractivity contribution >= 4 is 40.7 Å². The fourth-order valence-corrected chi connectivity index (χ4v) is 4.10. The molecule has 0 saturated carbocycles. The van der Waals surface area contributed by atoms with Crippen molar-refractivity contribution in [1.82, 2.24) is 10.2 Å². The second kappa shape index (κ2) is 8.75. The van der Waals surface area contributed by atoms with E-state index in [1.54, 1.807) is 29.2 Å². The van der Waals surface area contributed by atoms with Gasteiger partial charge < -0.3 is 20.4 Å². The second-order valence-corrected chi connectivity index (χ2v) is 7.83. The largest absolute Gasteiger partial charge is 0.367 e. The van der Waals surface area contributed by atoms with Gasteiger partial charge in [-0.2, -0.15) is 0 Å². The van der Waals surface area contributed by atoms with E-state index in [-0.39, 0.29) is 30.6 Å². The highest BCUT2D eigenvalue weighted by Crippen LogP contribution is 2.26. The van der Waals surface area contributed by atoms with Gasteiger partial charge in [0.15, 0.2) is 0 Å². The van der Waals surface area contributed by atoms with E-state index in [1.165, 1.54) is 0 Å². The number of hydrogen-bond donors (Lipinski definition) is 2.